The minimum Gasteiger partial charge on any atom is -0.497 e. The highest BCUT2D eigenvalue weighted by Crippen LogP contribution is 2.25. The van der Waals surface area contributed by atoms with Crippen molar-refractivity contribution >= 4 is 17.8 Å². The van der Waals surface area contributed by atoms with Gasteiger partial charge in [0.2, 0.25) is 11.7 Å². The maximum atomic E-state index is 13.6. The first-order chi connectivity index (χ1) is 18.5. The lowest BCUT2D eigenvalue weighted by molar-refractivity contribution is -0.153. The highest BCUT2D eigenvalue weighted by molar-refractivity contribution is 5.90. The maximum absolute atomic E-state index is 13.6. The third kappa shape index (κ3) is 6.75. The summed E-state index contributed by atoms with van der Waals surface area (Å²) in [6.07, 6.45) is 6.32. The number of tetrazole rings is 1. The van der Waals surface area contributed by atoms with E-state index >= 15 is 0 Å². The van der Waals surface area contributed by atoms with Crippen LogP contribution in [0.2, 0.25) is 0 Å². The molecule has 0 radical (unpaired) electrons. The van der Waals surface area contributed by atoms with Gasteiger partial charge in [-0.25, -0.2) is 0 Å². The third-order valence-corrected chi connectivity index (χ3v) is 6.33. The standard InChI is InChI=1S/C26H32N6O6/c1-3-37-23(34)17-31(24(21-10-7-15-38-21)26(35)27-19-8-5-4-6-9-19)22(33)16-32-29-25(28-30-32)18-11-13-20(36-2)14-12-18/h7,10-15,19,24H,3-6,8-9,16-17H2,1-2H3,(H,27,35)/t24-/m1/s1. The number of carbonyl (C=O) groups excluding carboxylic acids is 3. The van der Waals surface area contributed by atoms with E-state index in [2.05, 4.69) is 20.7 Å². The number of amides is 2. The van der Waals surface area contributed by atoms with E-state index in [4.69, 9.17) is 13.9 Å². The van der Waals surface area contributed by atoms with E-state index in [-0.39, 0.29) is 25.0 Å². The van der Waals surface area contributed by atoms with Crippen LogP contribution in [0.4, 0.5) is 0 Å². The van der Waals surface area contributed by atoms with Crippen molar-refractivity contribution in [3.8, 4) is 17.1 Å². The van der Waals surface area contributed by atoms with Crippen molar-refractivity contribution in [1.82, 2.24) is 30.4 Å². The van der Waals surface area contributed by atoms with E-state index < -0.39 is 30.4 Å². The second-order valence-electron chi connectivity index (χ2n) is 8.96. The molecule has 1 saturated carbocycles. The molecule has 2 amide bonds. The minimum atomic E-state index is -1.17. The Bertz CT molecular complexity index is 1200. The van der Waals surface area contributed by atoms with Gasteiger partial charge in [0.05, 0.1) is 20.0 Å². The fourth-order valence-electron chi connectivity index (χ4n) is 4.45. The van der Waals surface area contributed by atoms with Crippen LogP contribution >= 0.6 is 0 Å². The number of nitrogens with one attached hydrogen (secondary N) is 1. The summed E-state index contributed by atoms with van der Waals surface area (Å²) in [6, 6.07) is 9.14. The van der Waals surface area contributed by atoms with Crippen LogP contribution < -0.4 is 10.1 Å². The number of hydrogen-bond acceptors (Lipinski definition) is 9. The summed E-state index contributed by atoms with van der Waals surface area (Å²) < 4.78 is 15.8. The van der Waals surface area contributed by atoms with E-state index in [1.807, 2.05) is 0 Å². The average molecular weight is 525 g/mol. The van der Waals surface area contributed by atoms with Gasteiger partial charge in [0.1, 0.15) is 24.6 Å². The smallest absolute Gasteiger partial charge is 0.325 e. The van der Waals surface area contributed by atoms with Crippen LogP contribution in [0.25, 0.3) is 11.4 Å². The molecule has 1 N–H and O–H groups in total. The zero-order chi connectivity index (χ0) is 26.9. The fraction of sp³-hybridized carbons (Fsp3) is 0.462. The van der Waals surface area contributed by atoms with Gasteiger partial charge in [-0.1, -0.05) is 19.3 Å². The van der Waals surface area contributed by atoms with Crippen molar-refractivity contribution in [3.63, 3.8) is 0 Å². The van der Waals surface area contributed by atoms with E-state index in [1.165, 1.54) is 6.26 Å². The molecule has 12 heteroatoms. The Kier molecular flexibility index (Phi) is 9.07. The van der Waals surface area contributed by atoms with E-state index in [9.17, 15) is 14.4 Å². The van der Waals surface area contributed by atoms with E-state index in [0.717, 1.165) is 41.8 Å². The number of carbonyl (C=O) groups is 3. The molecule has 202 valence electrons. The largest absolute Gasteiger partial charge is 0.497 e. The van der Waals surface area contributed by atoms with Gasteiger partial charge in [0.15, 0.2) is 6.04 Å². The van der Waals surface area contributed by atoms with Crippen LogP contribution in [0.1, 0.15) is 50.8 Å². The number of furan rings is 1. The molecule has 1 fully saturated rings. The van der Waals surface area contributed by atoms with E-state index in [1.54, 1.807) is 50.4 Å². The Labute approximate surface area is 220 Å². The highest BCUT2D eigenvalue weighted by Gasteiger charge is 2.36. The lowest BCUT2D eigenvalue weighted by Gasteiger charge is -2.31. The van der Waals surface area contributed by atoms with Gasteiger partial charge >= 0.3 is 5.97 Å². The van der Waals surface area contributed by atoms with Gasteiger partial charge in [-0.05, 0) is 61.4 Å². The topological polar surface area (TPSA) is 142 Å². The number of rotatable bonds is 11. The summed E-state index contributed by atoms with van der Waals surface area (Å²) in [6.45, 7) is 1.01. The molecule has 0 bridgehead atoms. The molecule has 1 aromatic carbocycles. The number of aromatic nitrogens is 4. The predicted molar refractivity (Wildman–Crippen MR) is 135 cm³/mol. The van der Waals surface area contributed by atoms with E-state index in [0.29, 0.717) is 17.1 Å². The number of hydrogen-bond donors (Lipinski definition) is 1. The summed E-state index contributed by atoms with van der Waals surface area (Å²) in [5.74, 6) is -0.405. The fourth-order valence-corrected chi connectivity index (χ4v) is 4.45. The second kappa shape index (κ2) is 12.8. The predicted octanol–water partition coefficient (Wildman–Crippen LogP) is 2.52. The molecule has 3 aromatic rings. The van der Waals surface area contributed by atoms with Gasteiger partial charge < -0.3 is 24.1 Å². The molecule has 1 aliphatic rings. The molecule has 0 unspecified atom stereocenters. The van der Waals surface area contributed by atoms with Crippen molar-refractivity contribution in [3.05, 3.63) is 48.4 Å². The molecular weight excluding hydrogens is 492 g/mol. The van der Waals surface area contributed by atoms with Gasteiger partial charge in [-0.2, -0.15) is 4.80 Å². The number of methoxy groups -OCH3 is 1. The summed E-state index contributed by atoms with van der Waals surface area (Å²) in [4.78, 5) is 41.8. The van der Waals surface area contributed by atoms with Crippen LogP contribution in [0.3, 0.4) is 0 Å². The first-order valence-electron chi connectivity index (χ1n) is 12.7. The second-order valence-corrected chi connectivity index (χ2v) is 8.96. The molecule has 1 atom stereocenters. The van der Waals surface area contributed by atoms with Crippen LogP contribution in [-0.2, 0) is 25.7 Å². The molecule has 0 spiro atoms. The van der Waals surface area contributed by atoms with Crippen LogP contribution in [0.15, 0.2) is 47.1 Å². The Hall–Kier alpha value is -4.22. The Morgan fingerprint density at radius 2 is 1.92 bits per heavy atom. The zero-order valence-corrected chi connectivity index (χ0v) is 21.5. The SMILES string of the molecule is CCOC(=O)CN(C(=O)Cn1nnc(-c2ccc(OC)cc2)n1)[C@@H](C(=O)NC1CCCCC1)c1ccco1. The van der Waals surface area contributed by atoms with Crippen molar-refractivity contribution in [1.29, 1.82) is 0 Å². The minimum absolute atomic E-state index is 0.00251. The number of nitrogens with zero attached hydrogens (tertiary/aromatic N) is 5. The van der Waals surface area contributed by atoms with Crippen molar-refractivity contribution in [2.24, 2.45) is 0 Å². The lowest BCUT2D eigenvalue weighted by atomic mass is 9.95. The summed E-state index contributed by atoms with van der Waals surface area (Å²) in [5.41, 5.74) is 0.688. The molecule has 12 nitrogen and oxygen atoms in total. The third-order valence-electron chi connectivity index (χ3n) is 6.33. The lowest BCUT2D eigenvalue weighted by Crippen LogP contribution is -2.49. The Morgan fingerprint density at radius 3 is 2.58 bits per heavy atom. The molecule has 2 heterocycles. The van der Waals surface area contributed by atoms with Crippen molar-refractivity contribution in [2.45, 2.75) is 57.7 Å². The maximum Gasteiger partial charge on any atom is 0.325 e. The van der Waals surface area contributed by atoms with Crippen LogP contribution in [0, 0.1) is 0 Å². The van der Waals surface area contributed by atoms with Crippen LogP contribution in [0.5, 0.6) is 5.75 Å². The summed E-state index contributed by atoms with van der Waals surface area (Å²) >= 11 is 0. The van der Waals surface area contributed by atoms with Crippen LogP contribution in [-0.4, -0.2) is 69.2 Å². The van der Waals surface area contributed by atoms with Crippen molar-refractivity contribution in [2.75, 3.05) is 20.3 Å². The highest BCUT2D eigenvalue weighted by atomic mass is 16.5. The Balaban J connectivity index is 1.57. The van der Waals surface area contributed by atoms with Gasteiger partial charge in [0, 0.05) is 11.6 Å². The summed E-state index contributed by atoms with van der Waals surface area (Å²) in [7, 11) is 1.57. The molecule has 2 aromatic heterocycles. The molecule has 38 heavy (non-hydrogen) atoms. The Morgan fingerprint density at radius 1 is 1.16 bits per heavy atom. The molecule has 4 rings (SSSR count). The first kappa shape index (κ1) is 26.8. The van der Waals surface area contributed by atoms with Crippen molar-refractivity contribution < 1.29 is 28.3 Å². The zero-order valence-electron chi connectivity index (χ0n) is 21.5. The molecular formula is C26H32N6O6. The number of benzene rings is 1. The first-order valence-corrected chi connectivity index (χ1v) is 12.7. The number of ether oxygens (including phenoxy) is 2. The van der Waals surface area contributed by atoms with Gasteiger partial charge in [-0.3, -0.25) is 14.4 Å². The average Bonchev–Trinajstić information content (AvgIpc) is 3.62. The monoisotopic (exact) mass is 524 g/mol. The normalized spacial score (nSPS) is 14.5. The molecule has 0 aliphatic heterocycles. The molecule has 0 saturated heterocycles. The number of esters is 1. The van der Waals surface area contributed by atoms with Gasteiger partial charge in [-0.15, -0.1) is 10.2 Å². The van der Waals surface area contributed by atoms with Gasteiger partial charge in [0.25, 0.3) is 5.91 Å². The quantitative estimate of drug-likeness (QED) is 0.374. The molecule has 1 aliphatic carbocycles. The summed E-state index contributed by atoms with van der Waals surface area (Å²) in [5, 5.41) is 15.4.